The van der Waals surface area contributed by atoms with E-state index < -0.39 is 5.82 Å². The quantitative estimate of drug-likeness (QED) is 0.824. The van der Waals surface area contributed by atoms with Crippen LogP contribution >= 0.6 is 0 Å². The number of carbonyl (C=O) groups is 1. The predicted octanol–water partition coefficient (Wildman–Crippen LogP) is 3.01. The lowest BCUT2D eigenvalue weighted by molar-refractivity contribution is 0.0552. The van der Waals surface area contributed by atoms with E-state index in [1.54, 1.807) is 4.90 Å². The van der Waals surface area contributed by atoms with Gasteiger partial charge in [0.1, 0.15) is 5.82 Å². The predicted molar refractivity (Wildman–Crippen MR) is 101 cm³/mol. The number of nitrogens with zero attached hydrogens (tertiary/aromatic N) is 3. The van der Waals surface area contributed by atoms with Crippen LogP contribution in [0.3, 0.4) is 0 Å². The summed E-state index contributed by atoms with van der Waals surface area (Å²) in [6, 6.07) is 14.9. The fourth-order valence-electron chi connectivity index (χ4n) is 4.24. The average Bonchev–Trinajstić information content (AvgIpc) is 2.72. The summed E-state index contributed by atoms with van der Waals surface area (Å²) < 4.78 is 13.6. The fraction of sp³-hybridized carbons (Fsp3) is 0.364. The van der Waals surface area contributed by atoms with Crippen molar-refractivity contribution in [2.75, 3.05) is 26.2 Å². The van der Waals surface area contributed by atoms with E-state index in [1.165, 1.54) is 23.3 Å². The largest absolute Gasteiger partial charge is 0.336 e. The summed E-state index contributed by atoms with van der Waals surface area (Å²) in [4.78, 5) is 16.9. The number of fused-ring (bicyclic) bond motifs is 1. The van der Waals surface area contributed by atoms with Crippen molar-refractivity contribution in [2.24, 2.45) is 0 Å². The molecule has 2 aromatic carbocycles. The van der Waals surface area contributed by atoms with E-state index in [-0.39, 0.29) is 17.0 Å². The van der Waals surface area contributed by atoms with E-state index in [0.717, 1.165) is 38.4 Å². The van der Waals surface area contributed by atoms with Crippen molar-refractivity contribution in [1.29, 1.82) is 5.26 Å². The zero-order valence-electron chi connectivity index (χ0n) is 15.2. The van der Waals surface area contributed by atoms with Gasteiger partial charge in [-0.15, -0.1) is 0 Å². The number of piperazine rings is 1. The van der Waals surface area contributed by atoms with Crippen LogP contribution in [0, 0.1) is 17.1 Å². The van der Waals surface area contributed by atoms with Crippen LogP contribution in [0.25, 0.3) is 0 Å². The summed E-state index contributed by atoms with van der Waals surface area (Å²) in [6.45, 7) is 2.93. The Bertz CT molecular complexity index is 897. The van der Waals surface area contributed by atoms with Gasteiger partial charge in [0.25, 0.3) is 5.91 Å². The van der Waals surface area contributed by atoms with Crippen molar-refractivity contribution in [3.63, 3.8) is 0 Å². The highest BCUT2D eigenvalue weighted by atomic mass is 19.1. The smallest absolute Gasteiger partial charge is 0.254 e. The minimum Gasteiger partial charge on any atom is -0.336 e. The van der Waals surface area contributed by atoms with Crippen LogP contribution in [0.4, 0.5) is 4.39 Å². The van der Waals surface area contributed by atoms with E-state index in [2.05, 4.69) is 29.2 Å². The molecule has 0 radical (unpaired) electrons. The van der Waals surface area contributed by atoms with Gasteiger partial charge in [0, 0.05) is 37.8 Å². The SMILES string of the molecule is N#Cc1cc(F)cc(C(=O)N2CCN([C@H]3CCc4ccccc4C3)CC2)c1. The lowest BCUT2D eigenvalue weighted by Gasteiger charge is -2.41. The number of benzene rings is 2. The second-order valence-electron chi connectivity index (χ2n) is 7.33. The van der Waals surface area contributed by atoms with Crippen molar-refractivity contribution in [3.8, 4) is 6.07 Å². The van der Waals surface area contributed by atoms with Crippen LogP contribution in [0.1, 0.15) is 33.5 Å². The minimum atomic E-state index is -0.545. The van der Waals surface area contributed by atoms with E-state index in [1.807, 2.05) is 6.07 Å². The van der Waals surface area contributed by atoms with Gasteiger partial charge in [0.05, 0.1) is 11.6 Å². The monoisotopic (exact) mass is 363 g/mol. The Kier molecular flexibility index (Phi) is 4.91. The lowest BCUT2D eigenvalue weighted by atomic mass is 9.87. The molecule has 138 valence electrons. The first-order valence-corrected chi connectivity index (χ1v) is 9.45. The molecule has 1 aliphatic heterocycles. The molecular weight excluding hydrogens is 341 g/mol. The van der Waals surface area contributed by atoms with Crippen molar-refractivity contribution >= 4 is 5.91 Å². The Morgan fingerprint density at radius 3 is 2.56 bits per heavy atom. The van der Waals surface area contributed by atoms with E-state index in [0.29, 0.717) is 19.1 Å². The maximum atomic E-state index is 13.6. The first-order chi connectivity index (χ1) is 13.1. The van der Waals surface area contributed by atoms with Gasteiger partial charge in [-0.25, -0.2) is 4.39 Å². The number of hydrogen-bond donors (Lipinski definition) is 0. The first kappa shape index (κ1) is 17.7. The second kappa shape index (κ2) is 7.50. The Hall–Kier alpha value is -2.71. The Balaban J connectivity index is 1.39. The molecule has 1 amide bonds. The molecule has 2 aliphatic rings. The lowest BCUT2D eigenvalue weighted by Crippen LogP contribution is -2.53. The molecule has 4 nitrogen and oxygen atoms in total. The molecule has 1 atom stereocenters. The van der Waals surface area contributed by atoms with Crippen LogP contribution in [-0.2, 0) is 12.8 Å². The molecular formula is C22H22FN3O. The number of amides is 1. The van der Waals surface area contributed by atoms with Crippen LogP contribution in [0.2, 0.25) is 0 Å². The second-order valence-corrected chi connectivity index (χ2v) is 7.33. The maximum Gasteiger partial charge on any atom is 0.254 e. The molecule has 1 aliphatic carbocycles. The summed E-state index contributed by atoms with van der Waals surface area (Å²) in [6.07, 6.45) is 3.33. The topological polar surface area (TPSA) is 47.3 Å². The van der Waals surface area contributed by atoms with Crippen LogP contribution < -0.4 is 0 Å². The van der Waals surface area contributed by atoms with Crippen molar-refractivity contribution in [2.45, 2.75) is 25.3 Å². The Morgan fingerprint density at radius 2 is 1.81 bits per heavy atom. The number of nitriles is 1. The summed E-state index contributed by atoms with van der Waals surface area (Å²) in [5, 5.41) is 8.98. The summed E-state index contributed by atoms with van der Waals surface area (Å²) in [5.41, 5.74) is 3.34. The highest BCUT2D eigenvalue weighted by molar-refractivity contribution is 5.94. The van der Waals surface area contributed by atoms with Gasteiger partial charge in [-0.3, -0.25) is 9.69 Å². The molecule has 0 bridgehead atoms. The molecule has 5 heteroatoms. The summed E-state index contributed by atoms with van der Waals surface area (Å²) in [5.74, 6) is -0.739. The van der Waals surface area contributed by atoms with Gasteiger partial charge in [-0.05, 0) is 48.6 Å². The van der Waals surface area contributed by atoms with Gasteiger partial charge in [0.2, 0.25) is 0 Å². The first-order valence-electron chi connectivity index (χ1n) is 9.45. The Labute approximate surface area is 158 Å². The minimum absolute atomic E-state index is 0.179. The molecule has 4 rings (SSSR count). The standard InChI is InChI=1S/C22H22FN3O/c23-20-12-16(15-24)11-19(13-20)22(27)26-9-7-25(8-10-26)21-6-5-17-3-1-2-4-18(17)14-21/h1-4,11-13,21H,5-10,14H2/t21-/m0/s1. The third-order valence-corrected chi connectivity index (χ3v) is 5.71. The molecule has 0 aromatic heterocycles. The zero-order valence-corrected chi connectivity index (χ0v) is 15.2. The molecule has 0 unspecified atom stereocenters. The molecule has 1 fully saturated rings. The van der Waals surface area contributed by atoms with Crippen LogP contribution in [0.5, 0.6) is 0 Å². The van der Waals surface area contributed by atoms with Crippen molar-refractivity contribution < 1.29 is 9.18 Å². The number of halogens is 1. The number of aryl methyl sites for hydroxylation is 1. The molecule has 1 saturated heterocycles. The van der Waals surface area contributed by atoms with E-state index in [4.69, 9.17) is 5.26 Å². The number of carbonyl (C=O) groups excluding carboxylic acids is 1. The van der Waals surface area contributed by atoms with Crippen LogP contribution in [0.15, 0.2) is 42.5 Å². The van der Waals surface area contributed by atoms with Gasteiger partial charge in [0.15, 0.2) is 0 Å². The molecule has 2 aromatic rings. The molecule has 1 heterocycles. The summed E-state index contributed by atoms with van der Waals surface area (Å²) in [7, 11) is 0. The van der Waals surface area contributed by atoms with E-state index >= 15 is 0 Å². The highest BCUT2D eigenvalue weighted by Crippen LogP contribution is 2.25. The fourth-order valence-corrected chi connectivity index (χ4v) is 4.24. The normalized spacial score (nSPS) is 20.0. The molecule has 0 spiro atoms. The van der Waals surface area contributed by atoms with Gasteiger partial charge in [-0.2, -0.15) is 5.26 Å². The van der Waals surface area contributed by atoms with Gasteiger partial charge in [-0.1, -0.05) is 24.3 Å². The third kappa shape index (κ3) is 3.72. The zero-order chi connectivity index (χ0) is 18.8. The molecule has 0 N–H and O–H groups in total. The van der Waals surface area contributed by atoms with Gasteiger partial charge >= 0.3 is 0 Å². The maximum absolute atomic E-state index is 13.6. The van der Waals surface area contributed by atoms with E-state index in [9.17, 15) is 9.18 Å². The third-order valence-electron chi connectivity index (χ3n) is 5.71. The number of hydrogen-bond acceptors (Lipinski definition) is 3. The van der Waals surface area contributed by atoms with Crippen LogP contribution in [-0.4, -0.2) is 47.9 Å². The van der Waals surface area contributed by atoms with Gasteiger partial charge < -0.3 is 4.90 Å². The Morgan fingerprint density at radius 1 is 1.07 bits per heavy atom. The number of rotatable bonds is 2. The summed E-state index contributed by atoms with van der Waals surface area (Å²) >= 11 is 0. The molecule has 0 saturated carbocycles. The van der Waals surface area contributed by atoms with Crippen molar-refractivity contribution in [1.82, 2.24) is 9.80 Å². The average molecular weight is 363 g/mol. The molecule has 27 heavy (non-hydrogen) atoms. The highest BCUT2D eigenvalue weighted by Gasteiger charge is 2.29. The van der Waals surface area contributed by atoms with Crippen molar-refractivity contribution in [3.05, 3.63) is 70.5 Å².